The van der Waals surface area contributed by atoms with Crippen LogP contribution in [-0.4, -0.2) is 54.6 Å². The Kier molecular flexibility index (Phi) is 9.57. The lowest BCUT2D eigenvalue weighted by Gasteiger charge is -2.41. The molecule has 0 spiro atoms. The van der Waals surface area contributed by atoms with Gasteiger partial charge in [0.05, 0.1) is 10.0 Å². The van der Waals surface area contributed by atoms with Gasteiger partial charge >= 0.3 is 12.3 Å². The van der Waals surface area contributed by atoms with Crippen molar-refractivity contribution < 1.29 is 32.7 Å². The zero-order valence-corrected chi connectivity index (χ0v) is 20.6. The van der Waals surface area contributed by atoms with E-state index in [1.54, 1.807) is 30.3 Å². The summed E-state index contributed by atoms with van der Waals surface area (Å²) in [5.41, 5.74) is 0.365. The summed E-state index contributed by atoms with van der Waals surface area (Å²) in [6.45, 7) is 1.27. The minimum absolute atomic E-state index is 0.0355. The van der Waals surface area contributed by atoms with Gasteiger partial charge in [-0.2, -0.15) is 13.2 Å². The number of benzene rings is 2. The second-order valence-electron chi connectivity index (χ2n) is 8.36. The maximum atomic E-state index is 12.9. The summed E-state index contributed by atoms with van der Waals surface area (Å²) in [5.74, 6) is -1.19. The molecule has 0 unspecified atom stereocenters. The molecule has 0 bridgehead atoms. The molecule has 0 aliphatic heterocycles. The third kappa shape index (κ3) is 7.86. The van der Waals surface area contributed by atoms with Crippen molar-refractivity contribution in [3.63, 3.8) is 0 Å². The van der Waals surface area contributed by atoms with Crippen molar-refractivity contribution in [1.29, 1.82) is 0 Å². The maximum absolute atomic E-state index is 12.9. The van der Waals surface area contributed by atoms with Gasteiger partial charge in [-0.25, -0.2) is 4.79 Å². The van der Waals surface area contributed by atoms with Crippen LogP contribution in [0, 0.1) is 6.92 Å². The predicted octanol–water partition coefficient (Wildman–Crippen LogP) is 6.11. The maximum Gasteiger partial charge on any atom is 0.411 e. The van der Waals surface area contributed by atoms with Crippen LogP contribution in [0.1, 0.15) is 30.4 Å². The highest BCUT2D eigenvalue weighted by atomic mass is 35.5. The Morgan fingerprint density at radius 1 is 1.03 bits per heavy atom. The molecule has 2 rings (SSSR count). The monoisotopic (exact) mass is 532 g/mol. The number of carboxylic acid groups (broad SMARTS) is 1. The molecule has 35 heavy (non-hydrogen) atoms. The molecular weight excluding hydrogens is 508 g/mol. The molecule has 0 aromatic heterocycles. The number of hydrogen-bond acceptors (Lipinski definition) is 3. The highest BCUT2D eigenvalue weighted by Crippen LogP contribution is 2.37. The van der Waals surface area contributed by atoms with E-state index >= 15 is 0 Å². The van der Waals surface area contributed by atoms with Gasteiger partial charge in [0.2, 0.25) is 5.91 Å². The van der Waals surface area contributed by atoms with Gasteiger partial charge in [-0.05, 0) is 43.2 Å². The van der Waals surface area contributed by atoms with Gasteiger partial charge in [0.15, 0.2) is 0 Å². The number of carbonyl (C=O) groups is 3. The van der Waals surface area contributed by atoms with Gasteiger partial charge in [0.25, 0.3) is 0 Å². The summed E-state index contributed by atoms with van der Waals surface area (Å²) in [7, 11) is 1.21. The molecule has 1 atom stereocenters. The second kappa shape index (κ2) is 11.8. The third-order valence-corrected chi connectivity index (χ3v) is 6.37. The number of nitrogens with zero attached hydrogens (tertiary/aromatic N) is 2. The van der Waals surface area contributed by atoms with E-state index in [4.69, 9.17) is 23.2 Å². The molecule has 0 saturated carbocycles. The zero-order valence-electron chi connectivity index (χ0n) is 19.1. The molecule has 1 N–H and O–H groups in total. The first kappa shape index (κ1) is 28.5. The Labute approximate surface area is 211 Å². The van der Waals surface area contributed by atoms with Crippen LogP contribution >= 0.6 is 23.2 Å². The number of aldehydes is 1. The molecule has 0 fully saturated rings. The van der Waals surface area contributed by atoms with Crippen molar-refractivity contribution in [2.75, 3.05) is 25.0 Å². The quantitative estimate of drug-likeness (QED) is 0.374. The number of hydrogen-bond donors (Lipinski definition) is 1. The second-order valence-corrected chi connectivity index (χ2v) is 9.17. The zero-order chi connectivity index (χ0) is 26.4. The van der Waals surface area contributed by atoms with E-state index in [1.807, 2.05) is 6.92 Å². The van der Waals surface area contributed by atoms with Gasteiger partial charge in [0.1, 0.15) is 12.7 Å². The molecule has 2 amide bonds. The number of amides is 2. The van der Waals surface area contributed by atoms with Gasteiger partial charge in [-0.3, -0.25) is 9.69 Å². The van der Waals surface area contributed by atoms with Gasteiger partial charge in [0, 0.05) is 37.7 Å². The standard InChI is InChI=1S/C24H25Cl2F3N2O4/c1-16-4-7-18(8-5-16)31(22(34)35)15-23(10-3-11-32,17-6-9-19(25)20(26)12-17)14-30(2)21(33)13-24(27,28)29/h4-9,11-12H,3,10,13-15H2,1-2H3,(H,34,35)/t23-/m0/s1. The molecule has 0 saturated heterocycles. The minimum Gasteiger partial charge on any atom is -0.465 e. The Morgan fingerprint density at radius 3 is 2.17 bits per heavy atom. The van der Waals surface area contributed by atoms with Crippen molar-refractivity contribution in [3.8, 4) is 0 Å². The SMILES string of the molecule is Cc1ccc(N(C[C@](CCC=O)(CN(C)C(=O)CC(F)(F)F)c2ccc(Cl)c(Cl)c2)C(=O)O)cc1. The predicted molar refractivity (Wildman–Crippen MR) is 128 cm³/mol. The first-order valence-electron chi connectivity index (χ1n) is 10.5. The summed E-state index contributed by atoms with van der Waals surface area (Å²) >= 11 is 12.3. The van der Waals surface area contributed by atoms with Crippen molar-refractivity contribution in [3.05, 3.63) is 63.6 Å². The molecule has 0 aliphatic carbocycles. The summed E-state index contributed by atoms with van der Waals surface area (Å²) in [4.78, 5) is 37.9. The van der Waals surface area contributed by atoms with E-state index < -0.39 is 30.0 Å². The van der Waals surface area contributed by atoms with E-state index in [0.717, 1.165) is 15.4 Å². The van der Waals surface area contributed by atoms with Crippen LogP contribution < -0.4 is 4.90 Å². The highest BCUT2D eigenvalue weighted by Gasteiger charge is 2.40. The largest absolute Gasteiger partial charge is 0.465 e. The molecule has 2 aromatic rings. The van der Waals surface area contributed by atoms with Crippen LogP contribution in [0.25, 0.3) is 0 Å². The van der Waals surface area contributed by atoms with Crippen LogP contribution in [0.4, 0.5) is 23.7 Å². The first-order chi connectivity index (χ1) is 16.3. The van der Waals surface area contributed by atoms with Crippen LogP contribution in [0.3, 0.4) is 0 Å². The Balaban J connectivity index is 2.62. The van der Waals surface area contributed by atoms with Gasteiger partial charge < -0.3 is 14.8 Å². The molecule has 2 aromatic carbocycles. The average Bonchev–Trinajstić information content (AvgIpc) is 2.76. The third-order valence-electron chi connectivity index (χ3n) is 5.63. The highest BCUT2D eigenvalue weighted by molar-refractivity contribution is 6.42. The Morgan fingerprint density at radius 2 is 1.66 bits per heavy atom. The fraction of sp³-hybridized carbons (Fsp3) is 0.375. The lowest BCUT2D eigenvalue weighted by atomic mass is 9.75. The lowest BCUT2D eigenvalue weighted by Crippen LogP contribution is -2.51. The van der Waals surface area contributed by atoms with Crippen LogP contribution in [0.15, 0.2) is 42.5 Å². The van der Waals surface area contributed by atoms with E-state index in [1.165, 1.54) is 19.2 Å². The van der Waals surface area contributed by atoms with Crippen molar-refractivity contribution in [2.45, 2.75) is 37.8 Å². The fourth-order valence-corrected chi connectivity index (χ4v) is 4.14. The number of anilines is 1. The molecule has 190 valence electrons. The van der Waals surface area contributed by atoms with Gasteiger partial charge in [-0.15, -0.1) is 0 Å². The van der Waals surface area contributed by atoms with E-state index in [9.17, 15) is 32.7 Å². The number of rotatable bonds is 10. The summed E-state index contributed by atoms with van der Waals surface area (Å²) in [6.07, 6.45) is -7.07. The van der Waals surface area contributed by atoms with E-state index in [2.05, 4.69) is 0 Å². The number of halogens is 5. The molecule has 0 radical (unpaired) electrons. The smallest absolute Gasteiger partial charge is 0.411 e. The topological polar surface area (TPSA) is 77.9 Å². The lowest BCUT2D eigenvalue weighted by molar-refractivity contribution is -0.161. The average molecular weight is 533 g/mol. The summed E-state index contributed by atoms with van der Waals surface area (Å²) in [5, 5.41) is 10.4. The summed E-state index contributed by atoms with van der Waals surface area (Å²) in [6, 6.07) is 11.2. The number of aryl methyl sites for hydroxylation is 1. The molecular formula is C24H25Cl2F3N2O4. The van der Waals surface area contributed by atoms with Crippen molar-refractivity contribution in [1.82, 2.24) is 4.90 Å². The molecule has 0 aliphatic rings. The number of likely N-dealkylation sites (N-methyl/N-ethyl adjacent to an activating group) is 1. The van der Waals surface area contributed by atoms with Crippen molar-refractivity contribution in [2.24, 2.45) is 0 Å². The number of alkyl halides is 3. The van der Waals surface area contributed by atoms with Crippen LogP contribution in [-0.2, 0) is 15.0 Å². The molecule has 6 nitrogen and oxygen atoms in total. The Hall–Kier alpha value is -2.78. The molecule has 0 heterocycles. The van der Waals surface area contributed by atoms with Crippen LogP contribution in [0.5, 0.6) is 0 Å². The van der Waals surface area contributed by atoms with Crippen molar-refractivity contribution >= 4 is 47.2 Å². The Bertz CT molecular complexity index is 1060. The fourth-order valence-electron chi connectivity index (χ4n) is 3.84. The first-order valence-corrected chi connectivity index (χ1v) is 11.3. The van der Waals surface area contributed by atoms with Gasteiger partial charge in [-0.1, -0.05) is 47.0 Å². The minimum atomic E-state index is -4.71. The number of carbonyl (C=O) groups excluding carboxylic acids is 2. The van der Waals surface area contributed by atoms with E-state index in [-0.39, 0.29) is 36.0 Å². The molecule has 11 heteroatoms. The summed E-state index contributed by atoms with van der Waals surface area (Å²) < 4.78 is 38.6. The van der Waals surface area contributed by atoms with Crippen LogP contribution in [0.2, 0.25) is 10.0 Å². The van der Waals surface area contributed by atoms with E-state index in [0.29, 0.717) is 17.5 Å². The normalized spacial score (nSPS) is 13.1.